The average Bonchev–Trinajstić information content (AvgIpc) is 2.64. The largest absolute Gasteiger partial charge is 0.462 e. The molecule has 1 saturated carbocycles. The number of aryl methyl sites for hydroxylation is 1. The van der Waals surface area contributed by atoms with E-state index in [0.29, 0.717) is 24.1 Å². The van der Waals surface area contributed by atoms with E-state index in [9.17, 15) is 13.2 Å². The number of benzene rings is 1. The molecule has 0 amide bonds. The Bertz CT molecular complexity index is 973. The maximum atomic E-state index is 12.3. The number of halogens is 1. The monoisotopic (exact) mass is 438 g/mol. The summed E-state index contributed by atoms with van der Waals surface area (Å²) in [7, 11) is -3.76. The molecule has 7 nitrogen and oxygen atoms in total. The topological polar surface area (TPSA) is 94.6 Å². The number of carbonyl (C=O) groups is 1. The van der Waals surface area contributed by atoms with Gasteiger partial charge in [0, 0.05) is 12.2 Å². The number of esters is 1. The Balaban J connectivity index is 1.54. The Labute approximate surface area is 175 Å². The first-order valence-electron chi connectivity index (χ1n) is 9.33. The molecule has 1 aromatic heterocycles. The molecule has 0 radical (unpaired) electrons. The Morgan fingerprint density at radius 3 is 2.62 bits per heavy atom. The minimum atomic E-state index is -3.76. The van der Waals surface area contributed by atoms with E-state index in [1.165, 1.54) is 6.20 Å². The van der Waals surface area contributed by atoms with Gasteiger partial charge in [-0.25, -0.2) is 9.78 Å². The van der Waals surface area contributed by atoms with Gasteiger partial charge in [0.2, 0.25) is 0 Å². The molecule has 0 aliphatic heterocycles. The predicted octanol–water partition coefficient (Wildman–Crippen LogP) is 3.82. The lowest BCUT2D eigenvalue weighted by molar-refractivity contribution is 0.0526. The van der Waals surface area contributed by atoms with Crippen LogP contribution in [-0.4, -0.2) is 38.6 Å². The first-order valence-corrected chi connectivity index (χ1v) is 11.1. The Kier molecular flexibility index (Phi) is 6.77. The molecule has 1 fully saturated rings. The molecule has 1 aliphatic carbocycles. The van der Waals surface area contributed by atoms with Gasteiger partial charge in [0.25, 0.3) is 10.1 Å². The summed E-state index contributed by atoms with van der Waals surface area (Å²) in [4.78, 5) is 16.2. The highest BCUT2D eigenvalue weighted by molar-refractivity contribution is 7.86. The molecule has 2 aromatic rings. The Morgan fingerprint density at radius 1 is 1.28 bits per heavy atom. The minimum absolute atomic E-state index is 0.0809. The summed E-state index contributed by atoms with van der Waals surface area (Å²) in [6.45, 7) is 4.01. The number of nitrogens with zero attached hydrogens (tertiary/aromatic N) is 1. The second kappa shape index (κ2) is 9.11. The van der Waals surface area contributed by atoms with Crippen molar-refractivity contribution in [3.63, 3.8) is 0 Å². The number of rotatable bonds is 8. The zero-order valence-corrected chi connectivity index (χ0v) is 17.8. The summed E-state index contributed by atoms with van der Waals surface area (Å²) in [5, 5.41) is 3.53. The van der Waals surface area contributed by atoms with Gasteiger partial charge in [-0.15, -0.1) is 0 Å². The van der Waals surface area contributed by atoms with Crippen molar-refractivity contribution in [3.05, 3.63) is 52.8 Å². The summed E-state index contributed by atoms with van der Waals surface area (Å²) in [6, 6.07) is 8.22. The zero-order valence-electron chi connectivity index (χ0n) is 16.2. The molecule has 9 heteroatoms. The number of aromatic nitrogens is 1. The van der Waals surface area contributed by atoms with Crippen LogP contribution < -0.4 is 5.32 Å². The van der Waals surface area contributed by atoms with E-state index in [1.54, 1.807) is 37.3 Å². The van der Waals surface area contributed by atoms with Crippen LogP contribution in [-0.2, 0) is 19.0 Å². The molecule has 0 spiro atoms. The molecule has 29 heavy (non-hydrogen) atoms. The fourth-order valence-corrected chi connectivity index (χ4v) is 4.22. The van der Waals surface area contributed by atoms with Gasteiger partial charge in [0.15, 0.2) is 0 Å². The fraction of sp³-hybridized carbons (Fsp3) is 0.400. The highest BCUT2D eigenvalue weighted by Gasteiger charge is 2.32. The quantitative estimate of drug-likeness (QED) is 0.380. The van der Waals surface area contributed by atoms with Crippen LogP contribution in [0.3, 0.4) is 0 Å². The van der Waals surface area contributed by atoms with Crippen molar-refractivity contribution in [2.75, 3.05) is 18.5 Å². The number of carbonyl (C=O) groups excluding carboxylic acids is 1. The van der Waals surface area contributed by atoms with E-state index >= 15 is 0 Å². The lowest BCUT2D eigenvalue weighted by Crippen LogP contribution is -2.38. The molecule has 0 unspecified atom stereocenters. The summed E-state index contributed by atoms with van der Waals surface area (Å²) in [6.07, 6.45) is 2.81. The third-order valence-electron chi connectivity index (χ3n) is 4.73. The first kappa shape index (κ1) is 21.5. The van der Waals surface area contributed by atoms with Crippen molar-refractivity contribution in [2.45, 2.75) is 37.6 Å². The van der Waals surface area contributed by atoms with E-state index in [0.717, 1.165) is 5.56 Å². The van der Waals surface area contributed by atoms with Gasteiger partial charge in [-0.05, 0) is 50.8 Å². The third-order valence-corrected chi connectivity index (χ3v) is 6.23. The van der Waals surface area contributed by atoms with E-state index in [4.69, 9.17) is 20.5 Å². The maximum absolute atomic E-state index is 12.3. The predicted molar refractivity (Wildman–Crippen MR) is 110 cm³/mol. The number of hydrogen-bond acceptors (Lipinski definition) is 7. The molecule has 1 aliphatic rings. The lowest BCUT2D eigenvalue weighted by atomic mass is 9.81. The Morgan fingerprint density at radius 2 is 1.97 bits per heavy atom. The highest BCUT2D eigenvalue weighted by Crippen LogP contribution is 2.33. The lowest BCUT2D eigenvalue weighted by Gasteiger charge is -2.36. The molecule has 0 bridgehead atoms. The van der Waals surface area contributed by atoms with E-state index in [2.05, 4.69) is 10.3 Å². The van der Waals surface area contributed by atoms with Gasteiger partial charge >= 0.3 is 5.97 Å². The number of pyridine rings is 1. The van der Waals surface area contributed by atoms with Gasteiger partial charge < -0.3 is 10.1 Å². The number of anilines is 1. The van der Waals surface area contributed by atoms with Crippen molar-refractivity contribution >= 4 is 33.4 Å². The minimum Gasteiger partial charge on any atom is -0.462 e. The summed E-state index contributed by atoms with van der Waals surface area (Å²) in [5.41, 5.74) is 1.85. The average molecular weight is 439 g/mol. The summed E-state index contributed by atoms with van der Waals surface area (Å²) < 4.78 is 34.8. The van der Waals surface area contributed by atoms with Crippen molar-refractivity contribution < 1.29 is 22.1 Å². The van der Waals surface area contributed by atoms with E-state index < -0.39 is 16.1 Å². The second-order valence-electron chi connectivity index (χ2n) is 7.00. The van der Waals surface area contributed by atoms with Crippen LogP contribution in [0.4, 0.5) is 5.69 Å². The highest BCUT2D eigenvalue weighted by atomic mass is 35.5. The molecule has 156 valence electrons. The summed E-state index contributed by atoms with van der Waals surface area (Å²) in [5.74, 6) is -0.362. The second-order valence-corrected chi connectivity index (χ2v) is 9.01. The van der Waals surface area contributed by atoms with Crippen LogP contribution in [0.2, 0.25) is 5.15 Å². The van der Waals surface area contributed by atoms with Gasteiger partial charge in [-0.3, -0.25) is 4.18 Å². The van der Waals surface area contributed by atoms with Crippen molar-refractivity contribution in [1.82, 2.24) is 4.98 Å². The normalized spacial score (nSPS) is 18.7. The molecule has 1 aromatic carbocycles. The van der Waals surface area contributed by atoms with Crippen LogP contribution in [0.1, 0.15) is 35.7 Å². The molecule has 0 atom stereocenters. The third kappa shape index (κ3) is 5.46. The molecule has 3 rings (SSSR count). The van der Waals surface area contributed by atoms with Gasteiger partial charge in [0.1, 0.15) is 10.7 Å². The molecular formula is C20H23ClN2O5S. The molecule has 0 saturated heterocycles. The molecular weight excluding hydrogens is 416 g/mol. The summed E-state index contributed by atoms with van der Waals surface area (Å²) >= 11 is 5.95. The van der Waals surface area contributed by atoms with Gasteiger partial charge in [-0.2, -0.15) is 8.42 Å². The number of ether oxygens (including phenoxy) is 1. The van der Waals surface area contributed by atoms with Crippen LogP contribution in [0.15, 0.2) is 41.4 Å². The van der Waals surface area contributed by atoms with Crippen molar-refractivity contribution in [2.24, 2.45) is 5.92 Å². The van der Waals surface area contributed by atoms with Crippen LogP contribution in [0.25, 0.3) is 0 Å². The van der Waals surface area contributed by atoms with Crippen LogP contribution >= 0.6 is 11.6 Å². The first-order chi connectivity index (χ1) is 13.8. The van der Waals surface area contributed by atoms with Crippen molar-refractivity contribution in [3.8, 4) is 0 Å². The zero-order chi connectivity index (χ0) is 21.0. The Hall–Kier alpha value is -2.16. The molecule has 1 N–H and O–H groups in total. The SMILES string of the molecule is CCOC(=O)c1cnc(Cl)cc1N[C@H]1C[C@H](COS(=O)(=O)c2ccc(C)cc2)C1. The molecule has 1 heterocycles. The van der Waals surface area contributed by atoms with E-state index in [1.807, 2.05) is 6.92 Å². The van der Waals surface area contributed by atoms with Crippen LogP contribution in [0.5, 0.6) is 0 Å². The fourth-order valence-electron chi connectivity index (χ4n) is 3.09. The number of nitrogens with one attached hydrogen (secondary N) is 1. The van der Waals surface area contributed by atoms with E-state index in [-0.39, 0.29) is 35.2 Å². The standard InChI is InChI=1S/C20H23ClN2O5S/c1-3-27-20(24)17-11-22-19(21)10-18(17)23-15-8-14(9-15)12-28-29(25,26)16-6-4-13(2)5-7-16/h4-7,10-11,14-15H,3,8-9,12H2,1-2H3,(H,22,23)/t14-,15-. The number of hydrogen-bond donors (Lipinski definition) is 1. The van der Waals surface area contributed by atoms with Gasteiger partial charge in [-0.1, -0.05) is 29.3 Å². The van der Waals surface area contributed by atoms with Crippen molar-refractivity contribution in [1.29, 1.82) is 0 Å². The van der Waals surface area contributed by atoms with Crippen LogP contribution in [0, 0.1) is 12.8 Å². The maximum Gasteiger partial charge on any atom is 0.341 e. The smallest absolute Gasteiger partial charge is 0.341 e. The van der Waals surface area contributed by atoms with Gasteiger partial charge in [0.05, 0.1) is 23.8 Å².